The lowest BCUT2D eigenvalue weighted by Gasteiger charge is -2.36. The number of aliphatic hydroxyl groups is 1. The summed E-state index contributed by atoms with van der Waals surface area (Å²) < 4.78 is 5.57. The first kappa shape index (κ1) is 19.6. The maximum atomic E-state index is 12.7. The number of aromatic nitrogens is 1. The van der Waals surface area contributed by atoms with Gasteiger partial charge in [-0.2, -0.15) is 0 Å². The van der Waals surface area contributed by atoms with Crippen LogP contribution in [0.5, 0.6) is 0 Å². The number of pyridine rings is 1. The molecule has 0 atom stereocenters. The van der Waals surface area contributed by atoms with Gasteiger partial charge in [0, 0.05) is 28.8 Å². The minimum Gasteiger partial charge on any atom is -0.464 e. The molecule has 0 saturated heterocycles. The summed E-state index contributed by atoms with van der Waals surface area (Å²) in [4.78, 5) is 17.2. The molecule has 0 aliphatic heterocycles. The summed E-state index contributed by atoms with van der Waals surface area (Å²) in [6.45, 7) is 5.75. The summed E-state index contributed by atoms with van der Waals surface area (Å²) in [5.74, 6) is 0.255. The molecule has 1 fully saturated rings. The zero-order valence-electron chi connectivity index (χ0n) is 17.2. The van der Waals surface area contributed by atoms with Gasteiger partial charge in [0.2, 0.25) is 0 Å². The summed E-state index contributed by atoms with van der Waals surface area (Å²) in [6.07, 6.45) is 7.17. The molecule has 152 valence electrons. The number of aryl methyl sites for hydroxylation is 1. The fraction of sp³-hybridized carbons (Fsp3) is 0.417. The minimum atomic E-state index is -0.644. The monoisotopic (exact) mass is 392 g/mol. The van der Waals surface area contributed by atoms with Gasteiger partial charge in [-0.1, -0.05) is 12.1 Å². The Hall–Kier alpha value is -2.66. The third-order valence-corrected chi connectivity index (χ3v) is 6.15. The Kier molecular flexibility index (Phi) is 5.17. The molecular formula is C24H28N2O3. The van der Waals surface area contributed by atoms with E-state index in [1.165, 1.54) is 0 Å². The van der Waals surface area contributed by atoms with Crippen LogP contribution in [-0.2, 0) is 0 Å². The van der Waals surface area contributed by atoms with Gasteiger partial charge in [0.1, 0.15) is 5.58 Å². The highest BCUT2D eigenvalue weighted by Crippen LogP contribution is 2.33. The Bertz CT molecular complexity index is 1010. The lowest BCUT2D eigenvalue weighted by atomic mass is 9.77. The minimum absolute atomic E-state index is 0.0473. The van der Waals surface area contributed by atoms with Gasteiger partial charge in [0.25, 0.3) is 5.91 Å². The molecule has 5 nitrogen and oxygen atoms in total. The van der Waals surface area contributed by atoms with Gasteiger partial charge in [-0.3, -0.25) is 9.78 Å². The van der Waals surface area contributed by atoms with Crippen molar-refractivity contribution in [3.05, 3.63) is 53.9 Å². The molecule has 2 heterocycles. The maximum Gasteiger partial charge on any atom is 0.251 e. The first-order valence-corrected chi connectivity index (χ1v) is 10.3. The highest BCUT2D eigenvalue weighted by molar-refractivity contribution is 5.97. The van der Waals surface area contributed by atoms with Gasteiger partial charge in [0.15, 0.2) is 0 Å². The maximum absolute atomic E-state index is 12.7. The molecule has 1 aromatic carbocycles. The molecule has 0 radical (unpaired) electrons. The number of hydrogen-bond acceptors (Lipinski definition) is 4. The van der Waals surface area contributed by atoms with Crippen LogP contribution in [-0.4, -0.2) is 27.6 Å². The van der Waals surface area contributed by atoms with Crippen LogP contribution in [0.15, 0.2) is 47.2 Å². The second kappa shape index (κ2) is 7.64. The lowest BCUT2D eigenvalue weighted by Crippen LogP contribution is -2.41. The normalized spacial score (nSPS) is 20.0. The van der Waals surface area contributed by atoms with Gasteiger partial charge in [-0.15, -0.1) is 0 Å². The summed E-state index contributed by atoms with van der Waals surface area (Å²) in [7, 11) is 0. The van der Waals surface area contributed by atoms with Gasteiger partial charge < -0.3 is 14.8 Å². The average Bonchev–Trinajstić information content (AvgIpc) is 3.09. The van der Waals surface area contributed by atoms with Crippen molar-refractivity contribution in [1.82, 2.24) is 10.3 Å². The first-order chi connectivity index (χ1) is 13.8. The van der Waals surface area contributed by atoms with E-state index in [1.807, 2.05) is 51.1 Å². The average molecular weight is 392 g/mol. The molecule has 3 aromatic rings. The summed E-state index contributed by atoms with van der Waals surface area (Å²) >= 11 is 0. The fourth-order valence-corrected chi connectivity index (χ4v) is 4.35. The molecule has 2 N–H and O–H groups in total. The van der Waals surface area contributed by atoms with Gasteiger partial charge in [-0.25, -0.2) is 0 Å². The van der Waals surface area contributed by atoms with Crippen LogP contribution >= 0.6 is 0 Å². The second-order valence-corrected chi connectivity index (χ2v) is 8.70. The largest absolute Gasteiger partial charge is 0.464 e. The van der Waals surface area contributed by atoms with E-state index in [4.69, 9.17) is 4.42 Å². The molecule has 1 aliphatic carbocycles. The highest BCUT2D eigenvalue weighted by atomic mass is 16.3. The van der Waals surface area contributed by atoms with Crippen molar-refractivity contribution < 1.29 is 14.3 Å². The zero-order chi connectivity index (χ0) is 20.6. The standard InChI is InChI=1S/C24H28N2O3/c1-15-14-29-20-12-13-25-22(21(15)20)16-4-6-17(7-5-16)23(27)26-19-10-8-18(9-11-19)24(2,3)28/h4-7,12-14,18-19,28H,8-11H2,1-3H3,(H,26,27)/t18-,19-. The number of nitrogens with zero attached hydrogens (tertiary/aromatic N) is 1. The van der Waals surface area contributed by atoms with Crippen molar-refractivity contribution in [3.63, 3.8) is 0 Å². The molecule has 1 aliphatic rings. The van der Waals surface area contributed by atoms with Crippen LogP contribution in [0.1, 0.15) is 55.5 Å². The Morgan fingerprint density at radius 1 is 1.14 bits per heavy atom. The number of amides is 1. The molecule has 29 heavy (non-hydrogen) atoms. The van der Waals surface area contributed by atoms with Crippen LogP contribution < -0.4 is 5.32 Å². The number of carbonyl (C=O) groups is 1. The van der Waals surface area contributed by atoms with E-state index in [9.17, 15) is 9.90 Å². The number of hydrogen-bond donors (Lipinski definition) is 2. The SMILES string of the molecule is Cc1coc2ccnc(-c3ccc(C(=O)N[C@H]4CC[C@H](C(C)(C)O)CC4)cc3)c12. The van der Waals surface area contributed by atoms with E-state index in [0.717, 1.165) is 53.5 Å². The fourth-order valence-electron chi connectivity index (χ4n) is 4.35. The summed E-state index contributed by atoms with van der Waals surface area (Å²) in [5, 5.41) is 14.3. The third kappa shape index (κ3) is 4.06. The number of rotatable bonds is 4. The zero-order valence-corrected chi connectivity index (χ0v) is 17.2. The second-order valence-electron chi connectivity index (χ2n) is 8.70. The van der Waals surface area contributed by atoms with Crippen molar-refractivity contribution in [3.8, 4) is 11.3 Å². The van der Waals surface area contributed by atoms with Crippen LogP contribution in [0.3, 0.4) is 0 Å². The van der Waals surface area contributed by atoms with Crippen LogP contribution in [0.4, 0.5) is 0 Å². The number of nitrogens with one attached hydrogen (secondary N) is 1. The molecule has 4 rings (SSSR count). The molecule has 1 saturated carbocycles. The van der Waals surface area contributed by atoms with E-state index in [0.29, 0.717) is 11.5 Å². The van der Waals surface area contributed by atoms with Crippen molar-refractivity contribution >= 4 is 16.9 Å². The Morgan fingerprint density at radius 2 is 1.83 bits per heavy atom. The predicted molar refractivity (Wildman–Crippen MR) is 114 cm³/mol. The van der Waals surface area contributed by atoms with E-state index < -0.39 is 5.60 Å². The van der Waals surface area contributed by atoms with E-state index in [1.54, 1.807) is 12.5 Å². The topological polar surface area (TPSA) is 75.4 Å². The molecular weight excluding hydrogens is 364 g/mol. The predicted octanol–water partition coefficient (Wildman–Crippen LogP) is 4.86. The lowest BCUT2D eigenvalue weighted by molar-refractivity contribution is -0.00257. The molecule has 5 heteroatoms. The van der Waals surface area contributed by atoms with E-state index in [-0.39, 0.29) is 11.9 Å². The van der Waals surface area contributed by atoms with E-state index >= 15 is 0 Å². The van der Waals surface area contributed by atoms with Crippen molar-refractivity contribution in [1.29, 1.82) is 0 Å². The van der Waals surface area contributed by atoms with Gasteiger partial charge >= 0.3 is 0 Å². The Morgan fingerprint density at radius 3 is 2.48 bits per heavy atom. The van der Waals surface area contributed by atoms with Gasteiger partial charge in [-0.05, 0) is 76.1 Å². The quantitative estimate of drug-likeness (QED) is 0.665. The number of benzene rings is 1. The Balaban J connectivity index is 1.44. The van der Waals surface area contributed by atoms with Crippen LogP contribution in [0.2, 0.25) is 0 Å². The van der Waals surface area contributed by atoms with Crippen molar-refractivity contribution in [2.45, 2.75) is 58.1 Å². The smallest absolute Gasteiger partial charge is 0.251 e. The molecule has 2 aromatic heterocycles. The van der Waals surface area contributed by atoms with E-state index in [2.05, 4.69) is 10.3 Å². The molecule has 0 unspecified atom stereocenters. The van der Waals surface area contributed by atoms with Gasteiger partial charge in [0.05, 0.1) is 17.6 Å². The van der Waals surface area contributed by atoms with Crippen molar-refractivity contribution in [2.75, 3.05) is 0 Å². The molecule has 0 spiro atoms. The van der Waals surface area contributed by atoms with Crippen molar-refractivity contribution in [2.24, 2.45) is 5.92 Å². The number of carbonyl (C=O) groups excluding carboxylic acids is 1. The first-order valence-electron chi connectivity index (χ1n) is 10.3. The summed E-state index contributed by atoms with van der Waals surface area (Å²) in [5.41, 5.74) is 3.69. The third-order valence-electron chi connectivity index (χ3n) is 6.15. The molecule has 1 amide bonds. The summed E-state index contributed by atoms with van der Waals surface area (Å²) in [6, 6.07) is 9.61. The highest BCUT2D eigenvalue weighted by Gasteiger charge is 2.31. The van der Waals surface area contributed by atoms with Crippen LogP contribution in [0.25, 0.3) is 22.2 Å². The van der Waals surface area contributed by atoms with Crippen LogP contribution in [0, 0.1) is 12.8 Å². The molecule has 0 bridgehead atoms. The Labute approximate surface area is 171 Å². The number of furan rings is 1. The number of fused-ring (bicyclic) bond motifs is 1.